The molecule has 1 heterocycles. The summed E-state index contributed by atoms with van der Waals surface area (Å²) in [7, 11) is 0. The number of benzene rings is 2. The molecule has 0 saturated heterocycles. The lowest BCUT2D eigenvalue weighted by atomic mass is 9.95. The number of nitrogens with one attached hydrogen (secondary N) is 1. The summed E-state index contributed by atoms with van der Waals surface area (Å²) in [6.07, 6.45) is 9.10. The molecule has 6 nitrogen and oxygen atoms in total. The number of hydrogen-bond donors (Lipinski definition) is 2. The van der Waals surface area contributed by atoms with E-state index in [9.17, 15) is 14.7 Å². The van der Waals surface area contributed by atoms with Crippen molar-refractivity contribution in [3.63, 3.8) is 0 Å². The number of carboxylic acid groups (broad SMARTS) is 1. The summed E-state index contributed by atoms with van der Waals surface area (Å²) >= 11 is 7.72. The van der Waals surface area contributed by atoms with Gasteiger partial charge in [-0.15, -0.1) is 11.3 Å². The van der Waals surface area contributed by atoms with Gasteiger partial charge in [0.05, 0.1) is 17.1 Å². The molecular formula is C30H27ClN2O4S. The minimum absolute atomic E-state index is 0.0763. The Labute approximate surface area is 230 Å². The lowest BCUT2D eigenvalue weighted by Crippen LogP contribution is -2.55. The summed E-state index contributed by atoms with van der Waals surface area (Å²) in [4.78, 5) is 29.7. The molecule has 1 atom stereocenters. The van der Waals surface area contributed by atoms with Gasteiger partial charge in [0.25, 0.3) is 0 Å². The van der Waals surface area contributed by atoms with Crippen molar-refractivity contribution in [2.24, 2.45) is 0 Å². The maximum absolute atomic E-state index is 13.0. The molecule has 5 rings (SSSR count). The molecule has 0 saturated carbocycles. The molecule has 1 aromatic heterocycles. The summed E-state index contributed by atoms with van der Waals surface area (Å²) in [6, 6.07) is 13.2. The summed E-state index contributed by atoms with van der Waals surface area (Å²) in [6.45, 7) is 2.33. The minimum Gasteiger partial charge on any atom is -0.487 e. The Kier molecular flexibility index (Phi) is 7.49. The van der Waals surface area contributed by atoms with Crippen LogP contribution >= 0.6 is 22.9 Å². The van der Waals surface area contributed by atoms with E-state index in [0.717, 1.165) is 43.6 Å². The van der Waals surface area contributed by atoms with E-state index < -0.39 is 11.5 Å². The van der Waals surface area contributed by atoms with Gasteiger partial charge in [-0.2, -0.15) is 0 Å². The van der Waals surface area contributed by atoms with Gasteiger partial charge in [0.2, 0.25) is 5.91 Å². The van der Waals surface area contributed by atoms with Crippen LogP contribution in [0.15, 0.2) is 77.2 Å². The number of allylic oxidation sites excluding steroid dienone is 6. The summed E-state index contributed by atoms with van der Waals surface area (Å²) < 4.78 is 5.77. The van der Waals surface area contributed by atoms with Gasteiger partial charge in [0.15, 0.2) is 0 Å². The van der Waals surface area contributed by atoms with Gasteiger partial charge in [-0.05, 0) is 53.0 Å². The molecule has 194 valence electrons. The lowest BCUT2D eigenvalue weighted by molar-refractivity contribution is -0.147. The van der Waals surface area contributed by atoms with Crippen molar-refractivity contribution in [3.05, 3.63) is 110 Å². The normalized spacial score (nSPS) is 18.3. The van der Waals surface area contributed by atoms with E-state index in [0.29, 0.717) is 18.8 Å². The number of amides is 1. The van der Waals surface area contributed by atoms with Crippen LogP contribution in [0.3, 0.4) is 0 Å². The number of carbonyl (C=O) groups is 2. The number of halogens is 1. The molecule has 0 fully saturated rings. The Morgan fingerprint density at radius 3 is 2.66 bits per heavy atom. The van der Waals surface area contributed by atoms with Crippen LogP contribution in [0.25, 0.3) is 5.57 Å². The van der Waals surface area contributed by atoms with Crippen molar-refractivity contribution in [3.8, 4) is 5.75 Å². The van der Waals surface area contributed by atoms with Gasteiger partial charge in [-0.25, -0.2) is 9.78 Å². The first kappa shape index (κ1) is 25.9. The second-order valence-electron chi connectivity index (χ2n) is 9.58. The molecule has 2 N–H and O–H groups in total. The van der Waals surface area contributed by atoms with Gasteiger partial charge in [-0.1, -0.05) is 60.2 Å². The highest BCUT2D eigenvalue weighted by molar-refractivity contribution is 7.09. The van der Waals surface area contributed by atoms with E-state index in [1.165, 1.54) is 0 Å². The van der Waals surface area contributed by atoms with Crippen LogP contribution in [-0.4, -0.2) is 27.5 Å². The highest BCUT2D eigenvalue weighted by atomic mass is 35.5. The Balaban J connectivity index is 1.23. The van der Waals surface area contributed by atoms with Gasteiger partial charge >= 0.3 is 5.97 Å². The van der Waals surface area contributed by atoms with Gasteiger partial charge in [-0.3, -0.25) is 4.79 Å². The van der Waals surface area contributed by atoms with Crippen LogP contribution in [0.5, 0.6) is 5.75 Å². The molecule has 0 bridgehead atoms. The maximum atomic E-state index is 13.0. The summed E-state index contributed by atoms with van der Waals surface area (Å²) in [5.74, 6) is -0.686. The first-order valence-electron chi connectivity index (χ1n) is 12.3. The van der Waals surface area contributed by atoms with Crippen molar-refractivity contribution in [2.45, 2.75) is 44.8 Å². The Morgan fingerprint density at radius 1 is 1.13 bits per heavy atom. The number of carbonyl (C=O) groups excluding carboxylic acids is 1. The number of aryl methyl sites for hydroxylation is 1. The fourth-order valence-corrected chi connectivity index (χ4v) is 5.52. The van der Waals surface area contributed by atoms with Crippen LogP contribution in [-0.2, 0) is 35.5 Å². The highest BCUT2D eigenvalue weighted by Gasteiger charge is 2.45. The number of nitrogens with zero attached hydrogens (tertiary/aromatic N) is 1. The van der Waals surface area contributed by atoms with Gasteiger partial charge < -0.3 is 15.2 Å². The molecule has 38 heavy (non-hydrogen) atoms. The van der Waals surface area contributed by atoms with Crippen molar-refractivity contribution in [2.75, 3.05) is 0 Å². The topological polar surface area (TPSA) is 88.5 Å². The second kappa shape index (κ2) is 11.0. The SMILES string of the molecule is Cc1nc(COc2ccc(CC(=O)NC3(C(=O)O)Cc4ccc(C5=CC=C(Cl)CC=C5)cc4C3)cc2)cs1. The van der Waals surface area contributed by atoms with Crippen LogP contribution in [0, 0.1) is 6.92 Å². The first-order chi connectivity index (χ1) is 18.3. The second-order valence-corrected chi connectivity index (χ2v) is 11.1. The zero-order valence-electron chi connectivity index (χ0n) is 20.9. The van der Waals surface area contributed by atoms with E-state index in [1.54, 1.807) is 23.5 Å². The van der Waals surface area contributed by atoms with E-state index in [2.05, 4.69) is 10.3 Å². The smallest absolute Gasteiger partial charge is 0.330 e. The Morgan fingerprint density at radius 2 is 1.92 bits per heavy atom. The molecule has 1 unspecified atom stereocenters. The molecule has 2 aromatic carbocycles. The molecule has 2 aliphatic carbocycles. The third-order valence-corrected chi connectivity index (χ3v) is 7.81. The predicted molar refractivity (Wildman–Crippen MR) is 149 cm³/mol. The van der Waals surface area contributed by atoms with E-state index in [1.807, 2.05) is 66.9 Å². The third-order valence-electron chi connectivity index (χ3n) is 6.71. The maximum Gasteiger partial charge on any atom is 0.330 e. The number of aliphatic carboxylic acids is 1. The van der Waals surface area contributed by atoms with Crippen molar-refractivity contribution in [1.29, 1.82) is 0 Å². The lowest BCUT2D eigenvalue weighted by Gasteiger charge is -2.25. The molecule has 1 amide bonds. The number of thiazole rings is 1. The van der Waals surface area contributed by atoms with Crippen molar-refractivity contribution >= 4 is 40.4 Å². The number of carboxylic acids is 1. The van der Waals surface area contributed by atoms with Gasteiger partial charge in [0, 0.05) is 29.7 Å². The third kappa shape index (κ3) is 5.90. The first-order valence-corrected chi connectivity index (χ1v) is 13.6. The fourth-order valence-electron chi connectivity index (χ4n) is 4.77. The minimum atomic E-state index is -1.37. The van der Waals surface area contributed by atoms with Crippen LogP contribution < -0.4 is 10.1 Å². The van der Waals surface area contributed by atoms with E-state index in [-0.39, 0.29) is 25.2 Å². The van der Waals surface area contributed by atoms with Crippen molar-refractivity contribution < 1.29 is 19.4 Å². The van der Waals surface area contributed by atoms with Crippen LogP contribution in [0.4, 0.5) is 0 Å². The number of rotatable bonds is 8. The van der Waals surface area contributed by atoms with Crippen LogP contribution in [0.2, 0.25) is 0 Å². The Bertz CT molecular complexity index is 1470. The predicted octanol–water partition coefficient (Wildman–Crippen LogP) is 5.78. The molecular weight excluding hydrogens is 520 g/mol. The highest BCUT2D eigenvalue weighted by Crippen LogP contribution is 2.34. The monoisotopic (exact) mass is 546 g/mol. The summed E-state index contributed by atoms with van der Waals surface area (Å²) in [5, 5.41) is 16.7. The number of fused-ring (bicyclic) bond motifs is 1. The van der Waals surface area contributed by atoms with E-state index in [4.69, 9.17) is 16.3 Å². The Hall–Kier alpha value is -3.68. The molecule has 8 heteroatoms. The molecule has 3 aromatic rings. The molecule has 0 radical (unpaired) electrons. The number of ether oxygens (including phenoxy) is 1. The molecule has 0 spiro atoms. The molecule has 0 aliphatic heterocycles. The average Bonchev–Trinajstić information content (AvgIpc) is 3.40. The van der Waals surface area contributed by atoms with Crippen LogP contribution in [0.1, 0.15) is 39.4 Å². The van der Waals surface area contributed by atoms with Crippen molar-refractivity contribution in [1.82, 2.24) is 10.3 Å². The number of hydrogen-bond acceptors (Lipinski definition) is 5. The standard InChI is InChI=1S/C30H27ClN2O4S/c1-19-32-26(18-38-19)17-37-27-11-5-20(6-12-27)13-28(34)33-30(29(35)36)15-23-8-7-22(14-24(23)16-30)21-3-2-4-25(31)10-9-21/h2-3,5-12,14,18H,4,13,15-17H2,1H3,(H,33,34)(H,35,36). The zero-order valence-corrected chi connectivity index (χ0v) is 22.4. The fraction of sp³-hybridized carbons (Fsp3) is 0.233. The molecule has 2 aliphatic rings. The average molecular weight is 547 g/mol. The van der Waals surface area contributed by atoms with E-state index >= 15 is 0 Å². The van der Waals surface area contributed by atoms with Gasteiger partial charge in [0.1, 0.15) is 17.9 Å². The largest absolute Gasteiger partial charge is 0.487 e. The summed E-state index contributed by atoms with van der Waals surface area (Å²) in [5.41, 5.74) is 4.14. The zero-order chi connectivity index (χ0) is 26.7. The number of aromatic nitrogens is 1. The quantitative estimate of drug-likeness (QED) is 0.374.